The molecule has 0 spiro atoms. The molecule has 0 saturated heterocycles. The smallest absolute Gasteiger partial charge is 0.329 e. The molecule has 1 atom stereocenters. The van der Waals surface area contributed by atoms with E-state index >= 15 is 0 Å². The molecule has 0 bridgehead atoms. The number of hydrogen-bond donors (Lipinski definition) is 1. The summed E-state index contributed by atoms with van der Waals surface area (Å²) in [5, 5.41) is 16.1. The maximum Gasteiger partial charge on any atom is 0.329 e. The number of carboxylic acid groups (broad SMARTS) is 1. The lowest BCUT2D eigenvalue weighted by molar-refractivity contribution is -0.142. The van der Waals surface area contributed by atoms with Crippen molar-refractivity contribution >= 4 is 5.97 Å². The zero-order chi connectivity index (χ0) is 14.4. The third-order valence-corrected chi connectivity index (χ3v) is 2.50. The van der Waals surface area contributed by atoms with E-state index in [0.29, 0.717) is 5.89 Å². The van der Waals surface area contributed by atoms with Crippen LogP contribution in [-0.2, 0) is 20.9 Å². The van der Waals surface area contributed by atoms with Crippen molar-refractivity contribution in [2.24, 2.45) is 0 Å². The molecule has 2 rings (SSSR count). The van der Waals surface area contributed by atoms with Crippen LogP contribution in [-0.4, -0.2) is 35.0 Å². The van der Waals surface area contributed by atoms with Gasteiger partial charge in [-0.05, 0) is 5.56 Å². The largest absolute Gasteiger partial charge is 0.480 e. The Bertz CT molecular complexity index is 555. The number of hydrogen-bond acceptors (Lipinski definition) is 6. The molecule has 0 aliphatic heterocycles. The van der Waals surface area contributed by atoms with Crippen molar-refractivity contribution in [3.63, 3.8) is 0 Å². The van der Waals surface area contributed by atoms with Gasteiger partial charge in [-0.15, -0.1) is 10.2 Å². The highest BCUT2D eigenvalue weighted by molar-refractivity contribution is 5.67. The second kappa shape index (κ2) is 6.78. The first-order valence-corrected chi connectivity index (χ1v) is 5.90. The minimum atomic E-state index is -1.05. The second-order valence-corrected chi connectivity index (χ2v) is 3.95. The van der Waals surface area contributed by atoms with Gasteiger partial charge >= 0.3 is 5.97 Å². The summed E-state index contributed by atoms with van der Waals surface area (Å²) in [7, 11) is 1.54. The normalized spacial score (nSPS) is 12.2. The SMILES string of the molecule is COC(c1ccccc1)c1nnc(COCC(=O)O)o1. The summed E-state index contributed by atoms with van der Waals surface area (Å²) in [4.78, 5) is 10.3. The number of carboxylic acids is 1. The zero-order valence-corrected chi connectivity index (χ0v) is 10.9. The van der Waals surface area contributed by atoms with Crippen LogP contribution in [0.1, 0.15) is 23.4 Å². The van der Waals surface area contributed by atoms with Gasteiger partial charge in [-0.2, -0.15) is 0 Å². The topological polar surface area (TPSA) is 94.7 Å². The number of ether oxygens (including phenoxy) is 2. The molecule has 106 valence electrons. The van der Waals surface area contributed by atoms with Gasteiger partial charge < -0.3 is 19.0 Å². The fourth-order valence-corrected chi connectivity index (χ4v) is 1.66. The van der Waals surface area contributed by atoms with Crippen LogP contribution in [0, 0.1) is 0 Å². The van der Waals surface area contributed by atoms with E-state index in [-0.39, 0.29) is 12.5 Å². The van der Waals surface area contributed by atoms with Gasteiger partial charge in [-0.25, -0.2) is 4.79 Å². The lowest BCUT2D eigenvalue weighted by atomic mass is 10.1. The number of methoxy groups -OCH3 is 1. The Hall–Kier alpha value is -2.25. The maximum absolute atomic E-state index is 10.3. The molecule has 1 aromatic carbocycles. The minimum absolute atomic E-state index is 0.0511. The highest BCUT2D eigenvalue weighted by Gasteiger charge is 2.20. The molecule has 1 unspecified atom stereocenters. The van der Waals surface area contributed by atoms with Crippen molar-refractivity contribution in [3.05, 3.63) is 47.7 Å². The second-order valence-electron chi connectivity index (χ2n) is 3.95. The molecule has 0 aliphatic rings. The molecule has 0 fully saturated rings. The first kappa shape index (κ1) is 14.2. The van der Waals surface area contributed by atoms with Gasteiger partial charge in [0.25, 0.3) is 0 Å². The highest BCUT2D eigenvalue weighted by Crippen LogP contribution is 2.23. The predicted molar refractivity (Wildman–Crippen MR) is 66.9 cm³/mol. The molecule has 7 heteroatoms. The first-order valence-electron chi connectivity index (χ1n) is 5.90. The Morgan fingerprint density at radius 2 is 2.10 bits per heavy atom. The molecule has 1 aromatic heterocycles. The zero-order valence-electron chi connectivity index (χ0n) is 10.9. The standard InChI is InChI=1S/C13H14N2O5/c1-18-12(9-5-3-2-4-6-9)13-15-14-10(20-13)7-19-8-11(16)17/h2-6,12H,7-8H2,1H3,(H,16,17). The van der Waals surface area contributed by atoms with Gasteiger partial charge in [0, 0.05) is 7.11 Å². The Morgan fingerprint density at radius 1 is 1.35 bits per heavy atom. The average molecular weight is 278 g/mol. The monoisotopic (exact) mass is 278 g/mol. The van der Waals surface area contributed by atoms with E-state index in [1.165, 1.54) is 0 Å². The minimum Gasteiger partial charge on any atom is -0.480 e. The van der Waals surface area contributed by atoms with Gasteiger partial charge in [-0.3, -0.25) is 0 Å². The Labute approximate surface area is 115 Å². The van der Waals surface area contributed by atoms with E-state index in [2.05, 4.69) is 10.2 Å². The number of aromatic nitrogens is 2. The van der Waals surface area contributed by atoms with Crippen LogP contribution < -0.4 is 0 Å². The molecule has 0 amide bonds. The lowest BCUT2D eigenvalue weighted by Gasteiger charge is -2.10. The molecule has 2 aromatic rings. The lowest BCUT2D eigenvalue weighted by Crippen LogP contribution is -2.06. The summed E-state index contributed by atoms with van der Waals surface area (Å²) in [5.74, 6) is -0.546. The molecular formula is C13H14N2O5. The van der Waals surface area contributed by atoms with Gasteiger partial charge in [0.15, 0.2) is 6.10 Å². The van der Waals surface area contributed by atoms with Crippen LogP contribution in [0.4, 0.5) is 0 Å². The van der Waals surface area contributed by atoms with Crippen molar-refractivity contribution < 1.29 is 23.8 Å². The number of benzene rings is 1. The summed E-state index contributed by atoms with van der Waals surface area (Å²) < 4.78 is 15.6. The van der Waals surface area contributed by atoms with E-state index in [0.717, 1.165) is 5.56 Å². The van der Waals surface area contributed by atoms with Crippen molar-refractivity contribution in [1.29, 1.82) is 0 Å². The van der Waals surface area contributed by atoms with E-state index < -0.39 is 18.7 Å². The van der Waals surface area contributed by atoms with Crippen LogP contribution in [0.15, 0.2) is 34.7 Å². The van der Waals surface area contributed by atoms with Crippen LogP contribution >= 0.6 is 0 Å². The Balaban J connectivity index is 2.05. The maximum atomic E-state index is 10.3. The number of nitrogens with zero attached hydrogens (tertiary/aromatic N) is 2. The molecule has 0 saturated carbocycles. The summed E-state index contributed by atoms with van der Waals surface area (Å²) in [6.07, 6.45) is -0.461. The molecule has 1 heterocycles. The van der Waals surface area contributed by atoms with Crippen LogP contribution in [0.2, 0.25) is 0 Å². The van der Waals surface area contributed by atoms with Gasteiger partial charge in [-0.1, -0.05) is 30.3 Å². The van der Waals surface area contributed by atoms with E-state index in [9.17, 15) is 4.79 Å². The quantitative estimate of drug-likeness (QED) is 0.818. The molecule has 0 aliphatic carbocycles. The van der Waals surface area contributed by atoms with Crippen LogP contribution in [0.3, 0.4) is 0 Å². The van der Waals surface area contributed by atoms with Crippen molar-refractivity contribution in [2.75, 3.05) is 13.7 Å². The highest BCUT2D eigenvalue weighted by atomic mass is 16.5. The van der Waals surface area contributed by atoms with E-state index in [1.54, 1.807) is 7.11 Å². The number of rotatable bonds is 7. The van der Waals surface area contributed by atoms with Gasteiger partial charge in [0.2, 0.25) is 11.8 Å². The first-order chi connectivity index (χ1) is 9.70. The Kier molecular flexibility index (Phi) is 4.80. The fourth-order valence-electron chi connectivity index (χ4n) is 1.66. The summed E-state index contributed by atoms with van der Waals surface area (Å²) in [6.45, 7) is -0.464. The van der Waals surface area contributed by atoms with Crippen molar-refractivity contribution in [1.82, 2.24) is 10.2 Å². The number of aliphatic carboxylic acids is 1. The molecule has 20 heavy (non-hydrogen) atoms. The third-order valence-electron chi connectivity index (χ3n) is 2.50. The van der Waals surface area contributed by atoms with Crippen LogP contribution in [0.5, 0.6) is 0 Å². The fraction of sp³-hybridized carbons (Fsp3) is 0.308. The van der Waals surface area contributed by atoms with Gasteiger partial charge in [0.05, 0.1) is 0 Å². The third kappa shape index (κ3) is 3.62. The van der Waals surface area contributed by atoms with E-state index in [4.69, 9.17) is 19.0 Å². The number of carbonyl (C=O) groups is 1. The molecule has 7 nitrogen and oxygen atoms in total. The molecule has 0 radical (unpaired) electrons. The predicted octanol–water partition coefficient (Wildman–Crippen LogP) is 1.41. The molecule has 1 N–H and O–H groups in total. The molecular weight excluding hydrogens is 264 g/mol. The van der Waals surface area contributed by atoms with Crippen LogP contribution in [0.25, 0.3) is 0 Å². The summed E-state index contributed by atoms with van der Waals surface area (Å²) >= 11 is 0. The van der Waals surface area contributed by atoms with Gasteiger partial charge in [0.1, 0.15) is 13.2 Å². The summed E-state index contributed by atoms with van der Waals surface area (Å²) in [6, 6.07) is 9.44. The Morgan fingerprint density at radius 3 is 2.75 bits per heavy atom. The van der Waals surface area contributed by atoms with E-state index in [1.807, 2.05) is 30.3 Å². The van der Waals surface area contributed by atoms with Crippen molar-refractivity contribution in [3.8, 4) is 0 Å². The average Bonchev–Trinajstić information content (AvgIpc) is 2.89. The van der Waals surface area contributed by atoms with Crippen molar-refractivity contribution in [2.45, 2.75) is 12.7 Å². The summed E-state index contributed by atoms with van der Waals surface area (Å²) in [5.41, 5.74) is 0.886.